The fourth-order valence-electron chi connectivity index (χ4n) is 2.83. The molecule has 1 fully saturated rings. The Kier molecular flexibility index (Phi) is 5.86. The lowest BCUT2D eigenvalue weighted by atomic mass is 9.79. The van der Waals surface area contributed by atoms with Crippen LogP contribution in [0, 0.1) is 0 Å². The predicted octanol–water partition coefficient (Wildman–Crippen LogP) is 0.00820. The van der Waals surface area contributed by atoms with E-state index in [4.69, 9.17) is 14.6 Å². The maximum atomic E-state index is 12.0. The van der Waals surface area contributed by atoms with E-state index in [0.717, 1.165) is 6.08 Å². The number of carboxylic acids is 1. The maximum absolute atomic E-state index is 12.0. The summed E-state index contributed by atoms with van der Waals surface area (Å²) in [5, 5.41) is 47.9. The first-order valence-corrected chi connectivity index (χ1v) is 7.73. The molecule has 0 aliphatic heterocycles. The van der Waals surface area contributed by atoms with Gasteiger partial charge in [0.1, 0.15) is 12.2 Å². The Morgan fingerprint density at radius 2 is 1.92 bits per heavy atom. The summed E-state index contributed by atoms with van der Waals surface area (Å²) < 4.78 is 10.2. The first-order valence-electron chi connectivity index (χ1n) is 7.73. The lowest BCUT2D eigenvalue weighted by Gasteiger charge is -2.40. The number of aliphatic hydroxyl groups excluding tert-OH is 1. The van der Waals surface area contributed by atoms with Crippen LogP contribution in [-0.4, -0.2) is 68.5 Å². The van der Waals surface area contributed by atoms with Crippen LogP contribution in [0.5, 0.6) is 11.5 Å². The van der Waals surface area contributed by atoms with Gasteiger partial charge in [-0.3, -0.25) is 0 Å². The van der Waals surface area contributed by atoms with E-state index in [-0.39, 0.29) is 11.5 Å². The second-order valence-corrected chi connectivity index (χ2v) is 6.07. The lowest BCUT2D eigenvalue weighted by molar-refractivity contribution is -0.200. The van der Waals surface area contributed by atoms with Crippen molar-refractivity contribution in [3.05, 3.63) is 29.8 Å². The van der Waals surface area contributed by atoms with E-state index in [9.17, 15) is 30.0 Å². The molecule has 0 bridgehead atoms. The third kappa shape index (κ3) is 4.31. The molecular formula is C17H20O9. The SMILES string of the molecule is CO[C@@H]1[C@H](O)C[C@@](O)(C(=O)O)C[C@H]1OC(=O)C=Cc1ccc(O)c(O)c1. The number of phenols is 2. The van der Waals surface area contributed by atoms with Crippen LogP contribution in [0.4, 0.5) is 0 Å². The number of methoxy groups -OCH3 is 1. The van der Waals surface area contributed by atoms with Crippen molar-refractivity contribution < 1.29 is 44.6 Å². The van der Waals surface area contributed by atoms with E-state index >= 15 is 0 Å². The number of phenolic OH excluding ortho intramolecular Hbond substituents is 2. The molecule has 142 valence electrons. The Hall–Kier alpha value is -2.62. The molecule has 1 aliphatic carbocycles. The fraction of sp³-hybridized carbons (Fsp3) is 0.412. The topological polar surface area (TPSA) is 154 Å². The summed E-state index contributed by atoms with van der Waals surface area (Å²) >= 11 is 0. The highest BCUT2D eigenvalue weighted by Gasteiger charge is 2.51. The number of aliphatic hydroxyl groups is 2. The Morgan fingerprint density at radius 1 is 1.23 bits per heavy atom. The van der Waals surface area contributed by atoms with E-state index in [1.165, 1.54) is 31.4 Å². The van der Waals surface area contributed by atoms with Gasteiger partial charge >= 0.3 is 11.9 Å². The van der Waals surface area contributed by atoms with Crippen molar-refractivity contribution >= 4 is 18.0 Å². The summed E-state index contributed by atoms with van der Waals surface area (Å²) in [5.41, 5.74) is -1.82. The number of aliphatic carboxylic acids is 1. The van der Waals surface area contributed by atoms with Gasteiger partial charge in [0.05, 0.1) is 6.10 Å². The van der Waals surface area contributed by atoms with E-state index < -0.39 is 48.7 Å². The van der Waals surface area contributed by atoms with Crippen LogP contribution in [0.25, 0.3) is 6.08 Å². The Morgan fingerprint density at radius 3 is 2.50 bits per heavy atom. The van der Waals surface area contributed by atoms with Crippen molar-refractivity contribution in [2.75, 3.05) is 7.11 Å². The molecule has 1 aromatic rings. The van der Waals surface area contributed by atoms with Gasteiger partial charge in [0.25, 0.3) is 0 Å². The lowest BCUT2D eigenvalue weighted by Crippen LogP contribution is -2.57. The van der Waals surface area contributed by atoms with Gasteiger partial charge in [-0.25, -0.2) is 9.59 Å². The Bertz CT molecular complexity index is 714. The van der Waals surface area contributed by atoms with Gasteiger partial charge in [0.2, 0.25) is 0 Å². The molecule has 9 nitrogen and oxygen atoms in total. The van der Waals surface area contributed by atoms with Crippen LogP contribution in [0.3, 0.4) is 0 Å². The standard InChI is InChI=1S/C17H20O9/c1-25-15-12(20)7-17(24,16(22)23)8-13(15)26-14(21)5-3-9-2-4-10(18)11(19)6-9/h2-6,12-13,15,18-20,24H,7-8H2,1H3,(H,22,23)/t12-,13-,15-,17+/m1/s1. The van der Waals surface area contributed by atoms with Crippen LogP contribution < -0.4 is 0 Å². The van der Waals surface area contributed by atoms with Crippen LogP contribution in [0.15, 0.2) is 24.3 Å². The second kappa shape index (κ2) is 7.73. The Labute approximate surface area is 148 Å². The van der Waals surface area contributed by atoms with Gasteiger partial charge in [-0.15, -0.1) is 0 Å². The number of carbonyl (C=O) groups excluding carboxylic acids is 1. The highest BCUT2D eigenvalue weighted by molar-refractivity contribution is 5.87. The quantitative estimate of drug-likeness (QED) is 0.275. The zero-order chi connectivity index (χ0) is 19.5. The Balaban J connectivity index is 2.10. The van der Waals surface area contributed by atoms with Crippen molar-refractivity contribution in [1.29, 1.82) is 0 Å². The minimum absolute atomic E-state index is 0.309. The van der Waals surface area contributed by atoms with Crippen LogP contribution in [0.2, 0.25) is 0 Å². The largest absolute Gasteiger partial charge is 0.504 e. The number of ether oxygens (including phenoxy) is 2. The molecule has 0 heterocycles. The minimum atomic E-state index is -2.23. The highest BCUT2D eigenvalue weighted by atomic mass is 16.6. The third-order valence-electron chi connectivity index (χ3n) is 4.18. The molecule has 1 aliphatic rings. The number of hydrogen-bond donors (Lipinski definition) is 5. The van der Waals surface area contributed by atoms with Crippen molar-refractivity contribution in [3.8, 4) is 11.5 Å². The number of carboxylic acid groups (broad SMARTS) is 1. The van der Waals surface area contributed by atoms with E-state index in [2.05, 4.69) is 0 Å². The van der Waals surface area contributed by atoms with Crippen LogP contribution in [-0.2, 0) is 19.1 Å². The molecule has 0 unspecified atom stereocenters. The molecule has 2 rings (SSSR count). The molecule has 4 atom stereocenters. The van der Waals surface area contributed by atoms with E-state index in [1.807, 2.05) is 0 Å². The summed E-state index contributed by atoms with van der Waals surface area (Å²) in [5.74, 6) is -3.05. The molecule has 0 saturated heterocycles. The number of aromatic hydroxyl groups is 2. The van der Waals surface area contributed by atoms with E-state index in [0.29, 0.717) is 5.56 Å². The van der Waals surface area contributed by atoms with Crippen molar-refractivity contribution in [2.45, 2.75) is 36.8 Å². The number of rotatable bonds is 5. The second-order valence-electron chi connectivity index (χ2n) is 6.07. The molecule has 9 heteroatoms. The molecule has 5 N–H and O–H groups in total. The van der Waals surface area contributed by atoms with Gasteiger partial charge in [-0.1, -0.05) is 6.07 Å². The van der Waals surface area contributed by atoms with Gasteiger partial charge in [-0.05, 0) is 23.8 Å². The van der Waals surface area contributed by atoms with Gasteiger partial charge in [0.15, 0.2) is 17.1 Å². The number of carbonyl (C=O) groups is 2. The number of esters is 1. The van der Waals surface area contributed by atoms with Crippen LogP contribution >= 0.6 is 0 Å². The van der Waals surface area contributed by atoms with Crippen LogP contribution in [0.1, 0.15) is 18.4 Å². The highest BCUT2D eigenvalue weighted by Crippen LogP contribution is 2.33. The molecule has 26 heavy (non-hydrogen) atoms. The molecular weight excluding hydrogens is 348 g/mol. The van der Waals surface area contributed by atoms with Crippen molar-refractivity contribution in [2.24, 2.45) is 0 Å². The van der Waals surface area contributed by atoms with Gasteiger partial charge in [0, 0.05) is 26.0 Å². The average molecular weight is 368 g/mol. The third-order valence-corrected chi connectivity index (χ3v) is 4.18. The smallest absolute Gasteiger partial charge is 0.335 e. The zero-order valence-electron chi connectivity index (χ0n) is 13.9. The minimum Gasteiger partial charge on any atom is -0.504 e. The van der Waals surface area contributed by atoms with E-state index in [1.54, 1.807) is 0 Å². The van der Waals surface area contributed by atoms with Crippen molar-refractivity contribution in [3.63, 3.8) is 0 Å². The molecule has 1 aromatic carbocycles. The number of hydrogen-bond acceptors (Lipinski definition) is 8. The first-order chi connectivity index (χ1) is 12.2. The van der Waals surface area contributed by atoms with Gasteiger partial charge in [-0.2, -0.15) is 0 Å². The monoisotopic (exact) mass is 368 g/mol. The zero-order valence-corrected chi connectivity index (χ0v) is 13.9. The molecule has 0 aromatic heterocycles. The van der Waals surface area contributed by atoms with Crippen molar-refractivity contribution in [1.82, 2.24) is 0 Å². The molecule has 1 saturated carbocycles. The number of benzene rings is 1. The molecule has 0 radical (unpaired) electrons. The normalized spacial score (nSPS) is 28.8. The summed E-state index contributed by atoms with van der Waals surface area (Å²) in [6.45, 7) is 0. The maximum Gasteiger partial charge on any atom is 0.335 e. The average Bonchev–Trinajstić information content (AvgIpc) is 2.55. The summed E-state index contributed by atoms with van der Waals surface area (Å²) in [7, 11) is 1.27. The fourth-order valence-corrected chi connectivity index (χ4v) is 2.83. The summed E-state index contributed by atoms with van der Waals surface area (Å²) in [6, 6.07) is 3.92. The first kappa shape index (κ1) is 19.7. The van der Waals surface area contributed by atoms with Gasteiger partial charge < -0.3 is 35.0 Å². The summed E-state index contributed by atoms with van der Waals surface area (Å²) in [4.78, 5) is 23.2. The molecule has 0 amide bonds. The predicted molar refractivity (Wildman–Crippen MR) is 87.3 cm³/mol. The summed E-state index contributed by atoms with van der Waals surface area (Å²) in [6.07, 6.45) is -2.02. The molecule has 0 spiro atoms.